The molecule has 14 nitrogen and oxygen atoms in total. The van der Waals surface area contributed by atoms with Crippen molar-refractivity contribution < 1.29 is 58.2 Å². The number of Topliss-reactive ketones (excluding diaryl/α,β-unsaturated/α-hetero) is 1. The Morgan fingerprint density at radius 3 is 2.49 bits per heavy atom. The van der Waals surface area contributed by atoms with Crippen LogP contribution in [0.25, 0.3) is 11.0 Å². The van der Waals surface area contributed by atoms with Crippen LogP contribution in [0.1, 0.15) is 53.7 Å². The maximum absolute atomic E-state index is 13.2. The number of aliphatic carboxylic acids is 1. The number of phenols is 1. The third-order valence-electron chi connectivity index (χ3n) is 7.87. The van der Waals surface area contributed by atoms with E-state index in [-0.39, 0.29) is 52.0 Å². The van der Waals surface area contributed by atoms with Gasteiger partial charge in [-0.3, -0.25) is 9.59 Å². The molecule has 47 heavy (non-hydrogen) atoms. The monoisotopic (exact) mass is 655 g/mol. The van der Waals surface area contributed by atoms with Crippen molar-refractivity contribution in [2.45, 2.75) is 76.7 Å². The Hall–Kier alpha value is -4.92. The van der Waals surface area contributed by atoms with Gasteiger partial charge in [0.15, 0.2) is 18.0 Å². The van der Waals surface area contributed by atoms with E-state index in [4.69, 9.17) is 34.2 Å². The minimum absolute atomic E-state index is 0.0351. The Balaban J connectivity index is 1.57. The van der Waals surface area contributed by atoms with Gasteiger partial charge in [0, 0.05) is 31.1 Å². The molecule has 6 N–H and O–H groups in total. The zero-order valence-electron chi connectivity index (χ0n) is 26.2. The number of rotatable bonds is 12. The molecule has 252 valence electrons. The third kappa shape index (κ3) is 7.73. The van der Waals surface area contributed by atoms with Gasteiger partial charge in [0.25, 0.3) is 0 Å². The molecule has 3 aromatic rings. The highest BCUT2D eigenvalue weighted by atomic mass is 16.7. The van der Waals surface area contributed by atoms with Crippen LogP contribution in [0.2, 0.25) is 0 Å². The van der Waals surface area contributed by atoms with E-state index in [2.05, 4.69) is 0 Å². The Labute approximate surface area is 268 Å². The highest BCUT2D eigenvalue weighted by molar-refractivity contribution is 5.99. The minimum Gasteiger partial charge on any atom is -0.508 e. The number of aryl methyl sites for hydroxylation is 1. The third-order valence-corrected chi connectivity index (χ3v) is 7.87. The number of carboxylic acids is 1. The second kappa shape index (κ2) is 14.2. The number of carboxylic acid groups (broad SMARTS) is 1. The number of carbonyl (C=O) groups is 3. The molecule has 1 amide bonds. The van der Waals surface area contributed by atoms with Crippen molar-refractivity contribution in [3.8, 4) is 17.2 Å². The van der Waals surface area contributed by atoms with E-state index in [1.807, 2.05) is 0 Å². The van der Waals surface area contributed by atoms with Gasteiger partial charge in [-0.05, 0) is 69.5 Å². The summed E-state index contributed by atoms with van der Waals surface area (Å²) in [4.78, 5) is 48.4. The molecule has 1 aliphatic heterocycles. The average Bonchev–Trinajstić information content (AvgIpc) is 2.99. The van der Waals surface area contributed by atoms with Crippen molar-refractivity contribution in [2.75, 3.05) is 7.11 Å². The number of aromatic hydroxyl groups is 2. The number of nitrogens with two attached hydrogens (primary N) is 1. The molecule has 4 rings (SSSR count). The number of benzene rings is 2. The van der Waals surface area contributed by atoms with Gasteiger partial charge in [0.1, 0.15) is 28.9 Å². The van der Waals surface area contributed by atoms with Crippen molar-refractivity contribution in [1.29, 1.82) is 0 Å². The molecular formula is C33H37NO13. The molecule has 4 atom stereocenters. The number of primary amides is 1. The lowest BCUT2D eigenvalue weighted by molar-refractivity contribution is -0.304. The van der Waals surface area contributed by atoms with Gasteiger partial charge in [-0.25, -0.2) is 9.59 Å². The number of carbonyl (C=O) groups excluding carboxylic acids is 2. The molecule has 0 unspecified atom stereocenters. The van der Waals surface area contributed by atoms with Gasteiger partial charge in [0.2, 0.25) is 6.29 Å². The lowest BCUT2D eigenvalue weighted by Crippen LogP contribution is -2.65. The smallest absolute Gasteiger partial charge is 0.404 e. The molecule has 1 saturated heterocycles. The number of hydrogen-bond donors (Lipinski definition) is 5. The Kier molecular flexibility index (Phi) is 10.6. The number of ketones is 1. The van der Waals surface area contributed by atoms with E-state index in [9.17, 15) is 34.5 Å². The number of hydrogen-bond acceptors (Lipinski definition) is 12. The maximum Gasteiger partial charge on any atom is 0.404 e. The van der Waals surface area contributed by atoms with Crippen LogP contribution in [0.3, 0.4) is 0 Å². The number of amides is 1. The molecule has 14 heteroatoms. The van der Waals surface area contributed by atoms with Gasteiger partial charge < -0.3 is 49.5 Å². The van der Waals surface area contributed by atoms with Crippen molar-refractivity contribution in [2.24, 2.45) is 5.73 Å². The Morgan fingerprint density at radius 1 is 1.11 bits per heavy atom. The van der Waals surface area contributed by atoms with Crippen molar-refractivity contribution in [3.63, 3.8) is 0 Å². The topological polar surface area (TPSA) is 225 Å². The maximum atomic E-state index is 13.2. The molecule has 1 fully saturated rings. The number of ether oxygens (including phenoxy) is 4. The average molecular weight is 656 g/mol. The first-order valence-corrected chi connectivity index (χ1v) is 14.7. The molecule has 0 bridgehead atoms. The lowest BCUT2D eigenvalue weighted by Gasteiger charge is -2.47. The van der Waals surface area contributed by atoms with Gasteiger partial charge >= 0.3 is 17.7 Å². The number of methoxy groups -OCH3 is 1. The van der Waals surface area contributed by atoms with Crippen LogP contribution in [0, 0.1) is 6.92 Å². The summed E-state index contributed by atoms with van der Waals surface area (Å²) in [6.07, 6.45) is -2.79. The predicted octanol–water partition coefficient (Wildman–Crippen LogP) is 3.26. The van der Waals surface area contributed by atoms with Crippen LogP contribution in [0.5, 0.6) is 17.2 Å². The van der Waals surface area contributed by atoms with E-state index >= 15 is 0 Å². The molecule has 1 aliphatic rings. The summed E-state index contributed by atoms with van der Waals surface area (Å²) in [6.45, 7) is 4.85. The van der Waals surface area contributed by atoms with Crippen LogP contribution in [0.4, 0.5) is 4.79 Å². The molecule has 2 aromatic carbocycles. The molecule has 0 aliphatic carbocycles. The van der Waals surface area contributed by atoms with Crippen LogP contribution in [-0.2, 0) is 31.8 Å². The van der Waals surface area contributed by atoms with Crippen molar-refractivity contribution in [1.82, 2.24) is 0 Å². The van der Waals surface area contributed by atoms with Crippen LogP contribution in [0.15, 0.2) is 51.7 Å². The fourth-order valence-electron chi connectivity index (χ4n) is 5.48. The summed E-state index contributed by atoms with van der Waals surface area (Å²) in [5.41, 5.74) is 3.69. The summed E-state index contributed by atoms with van der Waals surface area (Å²) >= 11 is 0. The van der Waals surface area contributed by atoms with Crippen molar-refractivity contribution >= 4 is 28.8 Å². The molecule has 2 heterocycles. The number of allylic oxidation sites excluding steroid dienone is 2. The van der Waals surface area contributed by atoms with Gasteiger partial charge in [-0.15, -0.1) is 0 Å². The van der Waals surface area contributed by atoms with Gasteiger partial charge in [-0.1, -0.05) is 12.2 Å². The van der Waals surface area contributed by atoms with Gasteiger partial charge in [-0.2, -0.15) is 0 Å². The zero-order chi connectivity index (χ0) is 34.6. The highest BCUT2D eigenvalue weighted by Crippen LogP contribution is 2.38. The van der Waals surface area contributed by atoms with Gasteiger partial charge in [0.05, 0.1) is 16.6 Å². The summed E-state index contributed by atoms with van der Waals surface area (Å²) in [5.74, 6) is -1.86. The van der Waals surface area contributed by atoms with Crippen molar-refractivity contribution in [3.05, 3.63) is 75.2 Å². The SMILES string of the molecule is CO[C@@H]1[C@@H](OC(N)=O)[C@@H](O)[C@H](Oc2ccc3c(O)c(CC(=O)c4ccc(O)c(C/C=C/CCC(=O)O)c4)c(=O)oc3c2C)OC1(C)C. The van der Waals surface area contributed by atoms with Crippen LogP contribution >= 0.6 is 0 Å². The number of fused-ring (bicyclic) bond motifs is 1. The summed E-state index contributed by atoms with van der Waals surface area (Å²) < 4.78 is 27.9. The summed E-state index contributed by atoms with van der Waals surface area (Å²) in [6, 6.07) is 7.06. The molecule has 1 aromatic heterocycles. The number of phenolic OH excluding ortho intramolecular Hbond substituents is 1. The molecule has 0 spiro atoms. The second-order valence-electron chi connectivity index (χ2n) is 11.6. The second-order valence-corrected chi connectivity index (χ2v) is 11.6. The van der Waals surface area contributed by atoms with E-state index in [0.29, 0.717) is 12.0 Å². The number of aliphatic hydroxyl groups is 1. The van der Waals surface area contributed by atoms with Crippen LogP contribution < -0.4 is 16.1 Å². The summed E-state index contributed by atoms with van der Waals surface area (Å²) in [7, 11) is 1.36. The summed E-state index contributed by atoms with van der Waals surface area (Å²) in [5, 5.41) is 41.1. The minimum atomic E-state index is -1.53. The largest absolute Gasteiger partial charge is 0.508 e. The molecular weight excluding hydrogens is 618 g/mol. The molecule has 0 saturated carbocycles. The fourth-order valence-corrected chi connectivity index (χ4v) is 5.48. The lowest BCUT2D eigenvalue weighted by atomic mass is 9.89. The van der Waals surface area contributed by atoms with E-state index in [1.54, 1.807) is 32.9 Å². The quantitative estimate of drug-likeness (QED) is 0.107. The first-order chi connectivity index (χ1) is 22.1. The predicted molar refractivity (Wildman–Crippen MR) is 166 cm³/mol. The Bertz CT molecular complexity index is 1760. The normalized spacial score (nSPS) is 20.7. The Morgan fingerprint density at radius 2 is 1.83 bits per heavy atom. The van der Waals surface area contributed by atoms with Crippen LogP contribution in [-0.4, -0.2) is 75.6 Å². The first-order valence-electron chi connectivity index (χ1n) is 14.7. The first kappa shape index (κ1) is 34.9. The zero-order valence-corrected chi connectivity index (χ0v) is 26.2. The molecule has 0 radical (unpaired) electrons. The van der Waals surface area contributed by atoms with E-state index in [1.165, 1.54) is 37.4 Å². The standard InChI is InChI=1S/C33H37NO13/c1-16-23(44-31-26(40)28(46-32(34)42)29(43-4)33(2,3)47-31)13-11-19-25(39)20(30(41)45-27(16)19)15-22(36)18-10-12-21(35)17(14-18)8-6-5-7-9-24(37)38/h5-6,10-14,26,28-29,31,35,39-40H,7-9,15H2,1-4H3,(H2,34,42)(H,37,38)/b6-5+/t26-,28+,29-,31-/m1/s1. The fraction of sp³-hybridized carbons (Fsp3) is 0.394. The van der Waals surface area contributed by atoms with E-state index in [0.717, 1.165) is 0 Å². The number of aliphatic hydroxyl groups excluding tert-OH is 1. The highest BCUT2D eigenvalue weighted by Gasteiger charge is 2.53. The van der Waals surface area contributed by atoms with E-state index < -0.39 is 65.8 Å².